The summed E-state index contributed by atoms with van der Waals surface area (Å²) in [6.07, 6.45) is 3.12. The Kier molecular flexibility index (Phi) is 6.67. The van der Waals surface area contributed by atoms with Gasteiger partial charge in [-0.15, -0.1) is 16.5 Å². The molecule has 2 aromatic rings. The summed E-state index contributed by atoms with van der Waals surface area (Å²) < 4.78 is 14.7. The van der Waals surface area contributed by atoms with Crippen LogP contribution in [0.15, 0.2) is 50.6 Å². The first kappa shape index (κ1) is 23.3. The molecule has 1 atom stereocenters. The minimum atomic E-state index is -0.575. The van der Waals surface area contributed by atoms with Crippen molar-refractivity contribution in [3.8, 4) is 0 Å². The number of azo groups is 1. The Morgan fingerprint density at radius 3 is 2.86 bits per heavy atom. The van der Waals surface area contributed by atoms with Crippen LogP contribution in [-0.2, 0) is 11.2 Å². The number of nitrogens with zero attached hydrogens (tertiary/aromatic N) is 4. The number of hydrogen-bond acceptors (Lipinski definition) is 7. The number of halogens is 1. The van der Waals surface area contributed by atoms with Gasteiger partial charge in [0, 0.05) is 48.7 Å². The number of carbonyl (C=O) groups excluding carboxylic acids is 3. The normalized spacial score (nSPS) is 20.4. The van der Waals surface area contributed by atoms with E-state index in [9.17, 15) is 18.8 Å². The first-order valence-corrected chi connectivity index (χ1v) is 12.6. The van der Waals surface area contributed by atoms with E-state index in [2.05, 4.69) is 25.8 Å². The monoisotopic (exact) mass is 496 g/mol. The zero-order valence-electron chi connectivity index (χ0n) is 19.0. The summed E-state index contributed by atoms with van der Waals surface area (Å²) in [6, 6.07) is 4.10. The van der Waals surface area contributed by atoms with Crippen LogP contribution in [0.25, 0.3) is 0 Å². The van der Waals surface area contributed by atoms with E-state index in [1.54, 1.807) is 27.9 Å². The molecule has 3 aliphatic rings. The van der Waals surface area contributed by atoms with Crippen molar-refractivity contribution in [2.75, 3.05) is 19.6 Å². The largest absolute Gasteiger partial charge is 0.386 e. The van der Waals surface area contributed by atoms with Crippen LogP contribution >= 0.6 is 11.3 Å². The van der Waals surface area contributed by atoms with E-state index < -0.39 is 5.82 Å². The minimum absolute atomic E-state index is 0.0158. The topological polar surface area (TPSA) is 116 Å². The number of amides is 3. The number of rotatable bonds is 5. The fourth-order valence-corrected chi connectivity index (χ4v) is 5.25. The molecule has 0 aliphatic carbocycles. The molecule has 4 heterocycles. The number of piperidine rings is 1. The molecule has 0 bridgehead atoms. The number of carbonyl (C=O) groups is 3. The second-order valence-electron chi connectivity index (χ2n) is 8.89. The van der Waals surface area contributed by atoms with E-state index >= 15 is 0 Å². The van der Waals surface area contributed by atoms with E-state index in [4.69, 9.17) is 0 Å². The first-order valence-electron chi connectivity index (χ1n) is 11.7. The average molecular weight is 497 g/mol. The number of aromatic nitrogens is 1. The van der Waals surface area contributed by atoms with Crippen LogP contribution in [0.4, 0.5) is 4.39 Å². The van der Waals surface area contributed by atoms with Crippen molar-refractivity contribution in [2.45, 2.75) is 44.2 Å². The third-order valence-corrected chi connectivity index (χ3v) is 7.18. The molecule has 1 unspecified atom stereocenters. The summed E-state index contributed by atoms with van der Waals surface area (Å²) in [5.41, 5.74) is 4.21. The van der Waals surface area contributed by atoms with E-state index in [1.165, 1.54) is 17.4 Å². The van der Waals surface area contributed by atoms with Crippen molar-refractivity contribution in [1.29, 1.82) is 0 Å². The van der Waals surface area contributed by atoms with Crippen LogP contribution in [0.3, 0.4) is 0 Å². The van der Waals surface area contributed by atoms with Crippen LogP contribution in [0.5, 0.6) is 0 Å². The molecule has 5 rings (SSSR count). The molecule has 1 fully saturated rings. The van der Waals surface area contributed by atoms with Gasteiger partial charge in [-0.25, -0.2) is 9.37 Å². The molecular formula is C24H25FN6O3S. The van der Waals surface area contributed by atoms with Crippen molar-refractivity contribution >= 4 is 29.1 Å². The van der Waals surface area contributed by atoms with Crippen molar-refractivity contribution in [1.82, 2.24) is 20.5 Å². The van der Waals surface area contributed by atoms with Crippen molar-refractivity contribution in [3.05, 3.63) is 63.0 Å². The Morgan fingerprint density at radius 2 is 2.09 bits per heavy atom. The third-order valence-electron chi connectivity index (χ3n) is 6.60. The highest BCUT2D eigenvalue weighted by Gasteiger charge is 2.30. The lowest BCUT2D eigenvalue weighted by molar-refractivity contribution is -0.115. The summed E-state index contributed by atoms with van der Waals surface area (Å²) >= 11 is 1.36. The molecule has 1 aromatic carbocycles. The van der Waals surface area contributed by atoms with E-state index in [0.717, 1.165) is 24.2 Å². The van der Waals surface area contributed by atoms with Crippen molar-refractivity contribution in [3.63, 3.8) is 0 Å². The van der Waals surface area contributed by atoms with Crippen LogP contribution in [-0.4, -0.2) is 59.3 Å². The van der Waals surface area contributed by atoms with Gasteiger partial charge < -0.3 is 15.5 Å². The quantitative estimate of drug-likeness (QED) is 0.660. The van der Waals surface area contributed by atoms with Gasteiger partial charge in [0.1, 0.15) is 17.6 Å². The molecule has 1 aromatic heterocycles. The van der Waals surface area contributed by atoms with Crippen molar-refractivity contribution in [2.24, 2.45) is 10.2 Å². The standard InChI is InChI=1S/C24H25FN6O3S/c25-18-4-3-14(11-19-21-16(2-1-7-26-21)22(32)30-29-19)10-17(18)24(34)31-8-5-15(6-9-31)28-23(33)20-12-35-13-27-20/h3-4,10,12-13,15,19,26H,1-2,5-9,11H2,(H,28,33). The van der Waals surface area contributed by atoms with Gasteiger partial charge in [0.15, 0.2) is 0 Å². The lowest BCUT2D eigenvalue weighted by Gasteiger charge is -2.32. The second-order valence-corrected chi connectivity index (χ2v) is 9.61. The highest BCUT2D eigenvalue weighted by Crippen LogP contribution is 2.27. The molecule has 0 radical (unpaired) electrons. The van der Waals surface area contributed by atoms with Crippen molar-refractivity contribution < 1.29 is 18.8 Å². The van der Waals surface area contributed by atoms with Crippen LogP contribution in [0.1, 0.15) is 52.1 Å². The maximum atomic E-state index is 14.7. The molecule has 1 saturated heterocycles. The number of hydrogen-bond donors (Lipinski definition) is 2. The number of thiazole rings is 1. The van der Waals surface area contributed by atoms with E-state index in [1.807, 2.05) is 0 Å². The molecule has 3 amide bonds. The van der Waals surface area contributed by atoms with Crippen LogP contribution < -0.4 is 10.6 Å². The number of benzene rings is 1. The lowest BCUT2D eigenvalue weighted by Crippen LogP contribution is -2.46. The Balaban J connectivity index is 1.23. The predicted octanol–water partition coefficient (Wildman–Crippen LogP) is 2.86. The first-order chi connectivity index (χ1) is 17.0. The van der Waals surface area contributed by atoms with Gasteiger partial charge in [0.25, 0.3) is 17.7 Å². The van der Waals surface area contributed by atoms with Gasteiger partial charge in [-0.2, -0.15) is 5.11 Å². The van der Waals surface area contributed by atoms with Crippen LogP contribution in [0, 0.1) is 5.82 Å². The van der Waals surface area contributed by atoms with Gasteiger partial charge in [-0.1, -0.05) is 6.07 Å². The summed E-state index contributed by atoms with van der Waals surface area (Å²) in [5.74, 6) is -1.47. The maximum Gasteiger partial charge on any atom is 0.292 e. The zero-order chi connectivity index (χ0) is 24.4. The lowest BCUT2D eigenvalue weighted by atomic mass is 9.93. The highest BCUT2D eigenvalue weighted by atomic mass is 32.1. The fraction of sp³-hybridized carbons (Fsp3) is 0.417. The molecule has 9 nitrogen and oxygen atoms in total. The Bertz CT molecular complexity index is 1200. The maximum absolute atomic E-state index is 14.7. The van der Waals surface area contributed by atoms with Gasteiger partial charge in [0.05, 0.1) is 11.1 Å². The summed E-state index contributed by atoms with van der Waals surface area (Å²) in [6.45, 7) is 1.61. The van der Waals surface area contributed by atoms with Gasteiger partial charge in [-0.05, 0) is 43.4 Å². The van der Waals surface area contributed by atoms with E-state index in [-0.39, 0.29) is 35.4 Å². The third kappa shape index (κ3) is 5.00. The highest BCUT2D eigenvalue weighted by molar-refractivity contribution is 7.07. The summed E-state index contributed by atoms with van der Waals surface area (Å²) in [7, 11) is 0. The number of nitrogens with one attached hydrogen (secondary N) is 2. The molecule has 3 aliphatic heterocycles. The Hall–Kier alpha value is -3.47. The molecule has 0 saturated carbocycles. The molecule has 0 spiro atoms. The number of likely N-dealkylation sites (tertiary alicyclic amines) is 1. The molecular weight excluding hydrogens is 471 g/mol. The minimum Gasteiger partial charge on any atom is -0.386 e. The zero-order valence-corrected chi connectivity index (χ0v) is 19.8. The molecule has 182 valence electrons. The summed E-state index contributed by atoms with van der Waals surface area (Å²) in [5, 5.41) is 15.9. The summed E-state index contributed by atoms with van der Waals surface area (Å²) in [4.78, 5) is 43.0. The fourth-order valence-electron chi connectivity index (χ4n) is 4.72. The second kappa shape index (κ2) is 10.0. The molecule has 11 heteroatoms. The Labute approximate surface area is 205 Å². The van der Waals surface area contributed by atoms with Crippen LogP contribution in [0.2, 0.25) is 0 Å². The van der Waals surface area contributed by atoms with Gasteiger partial charge >= 0.3 is 0 Å². The molecule has 2 N–H and O–H groups in total. The van der Waals surface area contributed by atoms with Gasteiger partial charge in [0.2, 0.25) is 0 Å². The smallest absolute Gasteiger partial charge is 0.292 e. The predicted molar refractivity (Wildman–Crippen MR) is 127 cm³/mol. The molecule has 35 heavy (non-hydrogen) atoms. The SMILES string of the molecule is O=C1N=NC(Cc2ccc(F)c(C(=O)N3CCC(NC(=O)c4cscn4)CC3)c2)C2=C1CCCN2. The van der Waals surface area contributed by atoms with E-state index in [0.29, 0.717) is 50.0 Å². The van der Waals surface area contributed by atoms with Gasteiger partial charge in [-0.3, -0.25) is 14.4 Å². The Morgan fingerprint density at radius 1 is 1.26 bits per heavy atom. The average Bonchev–Trinajstić information content (AvgIpc) is 3.42.